The van der Waals surface area contributed by atoms with Crippen LogP contribution in [0.5, 0.6) is 5.75 Å². The van der Waals surface area contributed by atoms with Crippen molar-refractivity contribution in [2.24, 2.45) is 5.73 Å². The normalized spacial score (nSPS) is 15.1. The first-order valence-electron chi connectivity index (χ1n) is 9.01. The van der Waals surface area contributed by atoms with Gasteiger partial charge in [0.2, 0.25) is 5.82 Å². The van der Waals surface area contributed by atoms with Gasteiger partial charge in [-0.05, 0) is 37.6 Å². The Morgan fingerprint density at radius 3 is 2.46 bits per heavy atom. The Labute approximate surface area is 162 Å². The van der Waals surface area contributed by atoms with Gasteiger partial charge in [-0.15, -0.1) is 0 Å². The maximum atomic E-state index is 9.39. The molecule has 1 aliphatic rings. The third-order valence-corrected chi connectivity index (χ3v) is 4.57. The topological polar surface area (TPSA) is 107 Å². The number of aromatic nitrogens is 2. The molecule has 1 aliphatic heterocycles. The number of ether oxygens (including phenoxy) is 2. The van der Waals surface area contributed by atoms with Crippen LogP contribution in [-0.4, -0.2) is 29.5 Å². The van der Waals surface area contributed by atoms with Crippen molar-refractivity contribution in [2.45, 2.75) is 25.5 Å². The minimum Gasteiger partial charge on any atom is -0.490 e. The van der Waals surface area contributed by atoms with Crippen molar-refractivity contribution in [3.63, 3.8) is 0 Å². The van der Waals surface area contributed by atoms with Gasteiger partial charge in [-0.25, -0.2) is 0 Å². The van der Waals surface area contributed by atoms with Gasteiger partial charge in [0.25, 0.3) is 5.89 Å². The van der Waals surface area contributed by atoms with E-state index in [9.17, 15) is 5.26 Å². The number of nitriles is 1. The van der Waals surface area contributed by atoms with Gasteiger partial charge in [0.1, 0.15) is 11.8 Å². The zero-order valence-electron chi connectivity index (χ0n) is 15.7. The van der Waals surface area contributed by atoms with E-state index in [4.69, 9.17) is 19.7 Å². The highest BCUT2D eigenvalue weighted by molar-refractivity contribution is 5.63. The van der Waals surface area contributed by atoms with E-state index in [1.54, 1.807) is 18.2 Å². The van der Waals surface area contributed by atoms with Crippen LogP contribution in [0.2, 0.25) is 0 Å². The fraction of sp³-hybridized carbons (Fsp3) is 0.286. The van der Waals surface area contributed by atoms with Crippen molar-refractivity contribution in [3.05, 3.63) is 53.6 Å². The maximum Gasteiger partial charge on any atom is 0.258 e. The fourth-order valence-corrected chi connectivity index (χ4v) is 3.00. The van der Waals surface area contributed by atoms with E-state index in [1.165, 1.54) is 0 Å². The Morgan fingerprint density at radius 1 is 1.14 bits per heavy atom. The van der Waals surface area contributed by atoms with Gasteiger partial charge in [0.15, 0.2) is 0 Å². The van der Waals surface area contributed by atoms with E-state index in [1.807, 2.05) is 38.1 Å². The quantitative estimate of drug-likeness (QED) is 0.728. The molecule has 0 saturated carbocycles. The largest absolute Gasteiger partial charge is 0.490 e. The summed E-state index contributed by atoms with van der Waals surface area (Å²) in [5.41, 5.74) is 8.77. The number of nitrogens with zero attached hydrogens (tertiary/aromatic N) is 3. The second-order valence-electron chi connectivity index (χ2n) is 7.14. The molecule has 0 bridgehead atoms. The number of hydrogen-bond acceptors (Lipinski definition) is 7. The van der Waals surface area contributed by atoms with Crippen LogP contribution in [0.3, 0.4) is 0 Å². The van der Waals surface area contributed by atoms with Crippen LogP contribution < -0.4 is 10.5 Å². The van der Waals surface area contributed by atoms with Crippen molar-refractivity contribution >= 4 is 0 Å². The van der Waals surface area contributed by atoms with E-state index in [-0.39, 0.29) is 6.10 Å². The highest BCUT2D eigenvalue weighted by Gasteiger charge is 2.35. The smallest absolute Gasteiger partial charge is 0.258 e. The molecule has 0 spiro atoms. The predicted octanol–water partition coefficient (Wildman–Crippen LogP) is 3.25. The average molecular weight is 376 g/mol. The van der Waals surface area contributed by atoms with Crippen LogP contribution in [0, 0.1) is 11.3 Å². The molecule has 0 radical (unpaired) electrons. The lowest BCUT2D eigenvalue weighted by Crippen LogP contribution is -2.54. The standard InChI is InChI=1S/C21H20N4O3/c1-13(2)27-18-8-5-15(9-16(18)10-22)20-24-19(25-28-20)14-3-6-17(7-4-14)21(23)11-26-12-21/h3-9,13H,11-12,23H2,1-2H3. The van der Waals surface area contributed by atoms with Gasteiger partial charge >= 0.3 is 0 Å². The highest BCUT2D eigenvalue weighted by atomic mass is 16.5. The molecule has 0 unspecified atom stereocenters. The summed E-state index contributed by atoms with van der Waals surface area (Å²) in [7, 11) is 0. The van der Waals surface area contributed by atoms with Gasteiger partial charge in [0, 0.05) is 11.1 Å². The van der Waals surface area contributed by atoms with E-state index < -0.39 is 5.54 Å². The molecule has 7 nitrogen and oxygen atoms in total. The third kappa shape index (κ3) is 3.36. The minimum atomic E-state index is -0.408. The SMILES string of the molecule is CC(C)Oc1ccc(-c2nc(-c3ccc(C4(N)COC4)cc3)no2)cc1C#N. The summed E-state index contributed by atoms with van der Waals surface area (Å²) < 4.78 is 16.3. The summed E-state index contributed by atoms with van der Waals surface area (Å²) in [4.78, 5) is 4.46. The Bertz CT molecular complexity index is 1030. The van der Waals surface area contributed by atoms with E-state index in [2.05, 4.69) is 16.2 Å². The van der Waals surface area contributed by atoms with Crippen LogP contribution in [0.15, 0.2) is 47.0 Å². The van der Waals surface area contributed by atoms with Crippen LogP contribution >= 0.6 is 0 Å². The summed E-state index contributed by atoms with van der Waals surface area (Å²) in [5, 5.41) is 13.4. The van der Waals surface area contributed by atoms with Crippen molar-refractivity contribution in [2.75, 3.05) is 13.2 Å². The molecule has 0 atom stereocenters. The van der Waals surface area contributed by atoms with Crippen LogP contribution in [0.1, 0.15) is 25.0 Å². The molecular weight excluding hydrogens is 356 g/mol. The molecule has 2 aromatic carbocycles. The lowest BCUT2D eigenvalue weighted by molar-refractivity contribution is -0.0569. The van der Waals surface area contributed by atoms with E-state index in [0.717, 1.165) is 11.1 Å². The second kappa shape index (κ2) is 7.08. The lowest BCUT2D eigenvalue weighted by atomic mass is 9.89. The number of nitrogens with two attached hydrogens (primary N) is 1. The Balaban J connectivity index is 1.58. The molecule has 2 N–H and O–H groups in total. The van der Waals surface area contributed by atoms with Gasteiger partial charge in [0.05, 0.1) is 30.4 Å². The molecule has 1 saturated heterocycles. The molecule has 0 amide bonds. The Kier molecular flexibility index (Phi) is 4.59. The summed E-state index contributed by atoms with van der Waals surface area (Å²) in [6.07, 6.45) is -0.0184. The van der Waals surface area contributed by atoms with Crippen LogP contribution in [-0.2, 0) is 10.3 Å². The molecular formula is C21H20N4O3. The minimum absolute atomic E-state index is 0.0184. The zero-order chi connectivity index (χ0) is 19.7. The van der Waals surface area contributed by atoms with E-state index in [0.29, 0.717) is 41.8 Å². The molecule has 2 heterocycles. The Morgan fingerprint density at radius 2 is 1.86 bits per heavy atom. The molecule has 1 aromatic heterocycles. The highest BCUT2D eigenvalue weighted by Crippen LogP contribution is 2.30. The Hall–Kier alpha value is -3.21. The summed E-state index contributed by atoms with van der Waals surface area (Å²) >= 11 is 0. The van der Waals surface area contributed by atoms with Crippen LogP contribution in [0.4, 0.5) is 0 Å². The lowest BCUT2D eigenvalue weighted by Gasteiger charge is -2.38. The molecule has 142 valence electrons. The predicted molar refractivity (Wildman–Crippen MR) is 102 cm³/mol. The van der Waals surface area contributed by atoms with Gasteiger partial charge < -0.3 is 19.7 Å². The van der Waals surface area contributed by atoms with Crippen molar-refractivity contribution in [1.29, 1.82) is 5.26 Å². The summed E-state index contributed by atoms with van der Waals surface area (Å²) in [6, 6.07) is 15.1. The second-order valence-corrected chi connectivity index (χ2v) is 7.14. The van der Waals surface area contributed by atoms with E-state index >= 15 is 0 Å². The average Bonchev–Trinajstić information content (AvgIpc) is 3.16. The molecule has 7 heteroatoms. The van der Waals surface area contributed by atoms with Gasteiger partial charge in [-0.3, -0.25) is 0 Å². The van der Waals surface area contributed by atoms with Crippen LogP contribution in [0.25, 0.3) is 22.8 Å². The first-order chi connectivity index (χ1) is 13.5. The third-order valence-electron chi connectivity index (χ3n) is 4.57. The molecule has 0 aliphatic carbocycles. The van der Waals surface area contributed by atoms with Gasteiger partial charge in [-0.1, -0.05) is 29.4 Å². The molecule has 28 heavy (non-hydrogen) atoms. The zero-order valence-corrected chi connectivity index (χ0v) is 15.7. The first-order valence-corrected chi connectivity index (χ1v) is 9.01. The molecule has 1 fully saturated rings. The number of benzene rings is 2. The summed E-state index contributed by atoms with van der Waals surface area (Å²) in [6.45, 7) is 4.87. The molecule has 4 rings (SSSR count). The van der Waals surface area contributed by atoms with Crippen molar-refractivity contribution in [1.82, 2.24) is 10.1 Å². The maximum absolute atomic E-state index is 9.39. The number of hydrogen-bond donors (Lipinski definition) is 1. The molecule has 3 aromatic rings. The fourth-order valence-electron chi connectivity index (χ4n) is 3.00. The number of rotatable bonds is 5. The van der Waals surface area contributed by atoms with Crippen molar-refractivity contribution in [3.8, 4) is 34.7 Å². The summed E-state index contributed by atoms with van der Waals surface area (Å²) in [5.74, 6) is 1.35. The monoisotopic (exact) mass is 376 g/mol. The first kappa shape index (κ1) is 18.2. The van der Waals surface area contributed by atoms with Gasteiger partial charge in [-0.2, -0.15) is 10.2 Å². The van der Waals surface area contributed by atoms with Crippen molar-refractivity contribution < 1.29 is 14.0 Å².